The Labute approximate surface area is 185 Å². The first-order valence-corrected chi connectivity index (χ1v) is 12.6. The van der Waals surface area contributed by atoms with Gasteiger partial charge in [0, 0.05) is 38.1 Å². The van der Waals surface area contributed by atoms with Crippen molar-refractivity contribution in [2.75, 3.05) is 13.1 Å². The van der Waals surface area contributed by atoms with Crippen molar-refractivity contribution in [1.29, 1.82) is 0 Å². The Morgan fingerprint density at radius 2 is 1.87 bits per heavy atom. The second kappa shape index (κ2) is 8.19. The summed E-state index contributed by atoms with van der Waals surface area (Å²) in [6.07, 6.45) is 14.2. The summed E-state index contributed by atoms with van der Waals surface area (Å²) < 4.78 is 1.99. The topological polar surface area (TPSA) is 53.7 Å². The molecule has 1 aliphatic carbocycles. The zero-order valence-electron chi connectivity index (χ0n) is 18.5. The number of aromatic nitrogens is 3. The van der Waals surface area contributed by atoms with Crippen LogP contribution in [0.3, 0.4) is 0 Å². The number of amides is 1. The molecular formula is C25H35N5O. The van der Waals surface area contributed by atoms with E-state index in [1.165, 1.54) is 57.1 Å². The predicted molar refractivity (Wildman–Crippen MR) is 119 cm³/mol. The molecule has 1 amide bonds. The molecular weight excluding hydrogens is 386 g/mol. The average Bonchev–Trinajstić information content (AvgIpc) is 3.28. The van der Waals surface area contributed by atoms with E-state index in [1.54, 1.807) is 6.33 Å². The fraction of sp³-hybridized carbons (Fsp3) is 0.720. The number of fused-ring (bicyclic) bond motifs is 5. The van der Waals surface area contributed by atoms with Gasteiger partial charge in [-0.25, -0.2) is 9.50 Å². The van der Waals surface area contributed by atoms with Gasteiger partial charge in [0.25, 0.3) is 0 Å². The maximum absolute atomic E-state index is 13.1. The molecule has 31 heavy (non-hydrogen) atoms. The van der Waals surface area contributed by atoms with E-state index in [0.717, 1.165) is 44.0 Å². The number of piperidine rings is 3. The Morgan fingerprint density at radius 1 is 1.00 bits per heavy atom. The molecule has 2 aromatic heterocycles. The van der Waals surface area contributed by atoms with E-state index in [9.17, 15) is 4.79 Å². The van der Waals surface area contributed by atoms with Gasteiger partial charge in [0.1, 0.15) is 6.33 Å². The predicted octanol–water partition coefficient (Wildman–Crippen LogP) is 3.90. The highest BCUT2D eigenvalue weighted by Gasteiger charge is 2.49. The Bertz CT molecular complexity index is 935. The Hall–Kier alpha value is -1.95. The van der Waals surface area contributed by atoms with E-state index in [2.05, 4.69) is 32.0 Å². The fourth-order valence-electron chi connectivity index (χ4n) is 7.32. The van der Waals surface area contributed by atoms with Gasteiger partial charge in [-0.2, -0.15) is 5.10 Å². The Morgan fingerprint density at radius 3 is 2.77 bits per heavy atom. The SMILES string of the molecule is O=C1CCC[C@H]2[C@@H]3C[C@@H](CN(Cc4cccc5ncnn45)C3)[C@H](CC3CCCCC3)N12. The van der Waals surface area contributed by atoms with Crippen molar-refractivity contribution in [2.24, 2.45) is 17.8 Å². The second-order valence-electron chi connectivity index (χ2n) is 10.6. The van der Waals surface area contributed by atoms with Gasteiger partial charge in [0.15, 0.2) is 5.65 Å². The number of carbonyl (C=O) groups excluding carboxylic acids is 1. The van der Waals surface area contributed by atoms with Gasteiger partial charge in [-0.05, 0) is 55.6 Å². The van der Waals surface area contributed by atoms with Gasteiger partial charge in [-0.3, -0.25) is 9.69 Å². The molecule has 6 rings (SSSR count). The molecule has 2 aromatic rings. The summed E-state index contributed by atoms with van der Waals surface area (Å²) in [6, 6.07) is 7.23. The minimum Gasteiger partial charge on any atom is -0.336 e. The molecule has 0 aromatic carbocycles. The average molecular weight is 422 g/mol. The molecule has 0 spiro atoms. The molecule has 4 aliphatic rings. The monoisotopic (exact) mass is 421 g/mol. The van der Waals surface area contributed by atoms with E-state index < -0.39 is 0 Å². The third-order valence-electron chi connectivity index (χ3n) is 8.64. The second-order valence-corrected chi connectivity index (χ2v) is 10.6. The van der Waals surface area contributed by atoms with Gasteiger partial charge in [-0.15, -0.1) is 0 Å². The number of carbonyl (C=O) groups is 1. The first kappa shape index (κ1) is 19.7. The van der Waals surface area contributed by atoms with Crippen molar-refractivity contribution in [2.45, 2.75) is 82.8 Å². The molecule has 0 N–H and O–H groups in total. The largest absolute Gasteiger partial charge is 0.336 e. The normalized spacial score (nSPS) is 32.4. The van der Waals surface area contributed by atoms with Gasteiger partial charge in [0.05, 0.1) is 5.69 Å². The molecule has 166 valence electrons. The summed E-state index contributed by atoms with van der Waals surface area (Å²) in [4.78, 5) is 22.5. The van der Waals surface area contributed by atoms with E-state index in [0.29, 0.717) is 29.8 Å². The molecule has 4 fully saturated rings. The van der Waals surface area contributed by atoms with Crippen LogP contribution in [0.1, 0.15) is 69.9 Å². The van der Waals surface area contributed by atoms with Crippen LogP contribution < -0.4 is 0 Å². The van der Waals surface area contributed by atoms with Gasteiger partial charge >= 0.3 is 0 Å². The first-order chi connectivity index (χ1) is 15.3. The van der Waals surface area contributed by atoms with E-state index >= 15 is 0 Å². The summed E-state index contributed by atoms with van der Waals surface area (Å²) in [5, 5.41) is 4.45. The van der Waals surface area contributed by atoms with Crippen LogP contribution in [0.15, 0.2) is 24.5 Å². The van der Waals surface area contributed by atoms with Crippen molar-refractivity contribution in [1.82, 2.24) is 24.4 Å². The molecule has 6 nitrogen and oxygen atoms in total. The molecule has 5 heterocycles. The number of nitrogens with zero attached hydrogens (tertiary/aromatic N) is 5. The maximum atomic E-state index is 13.1. The summed E-state index contributed by atoms with van der Waals surface area (Å²) in [5.41, 5.74) is 2.14. The third kappa shape index (κ3) is 3.67. The van der Waals surface area contributed by atoms with E-state index in [4.69, 9.17) is 0 Å². The number of hydrogen-bond acceptors (Lipinski definition) is 4. The zero-order valence-corrected chi connectivity index (χ0v) is 18.5. The van der Waals surface area contributed by atoms with Crippen LogP contribution in [0.25, 0.3) is 5.65 Å². The van der Waals surface area contributed by atoms with Crippen LogP contribution in [0.4, 0.5) is 0 Å². The highest BCUT2D eigenvalue weighted by atomic mass is 16.2. The van der Waals surface area contributed by atoms with Crippen molar-refractivity contribution in [3.63, 3.8) is 0 Å². The minimum absolute atomic E-state index is 0.451. The van der Waals surface area contributed by atoms with Gasteiger partial charge < -0.3 is 4.90 Å². The fourth-order valence-corrected chi connectivity index (χ4v) is 7.32. The summed E-state index contributed by atoms with van der Waals surface area (Å²) in [7, 11) is 0. The summed E-state index contributed by atoms with van der Waals surface area (Å²) in [6.45, 7) is 3.13. The number of rotatable bonds is 4. The molecule has 3 aliphatic heterocycles. The van der Waals surface area contributed by atoms with E-state index in [-0.39, 0.29) is 0 Å². The number of likely N-dealkylation sites (tertiary alicyclic amines) is 1. The molecule has 0 unspecified atom stereocenters. The molecule has 0 radical (unpaired) electrons. The lowest BCUT2D eigenvalue weighted by molar-refractivity contribution is -0.154. The Kier molecular flexibility index (Phi) is 5.21. The highest BCUT2D eigenvalue weighted by molar-refractivity contribution is 5.78. The molecule has 3 saturated heterocycles. The van der Waals surface area contributed by atoms with Crippen molar-refractivity contribution < 1.29 is 4.79 Å². The maximum Gasteiger partial charge on any atom is 0.223 e. The molecule has 6 heteroatoms. The van der Waals surface area contributed by atoms with E-state index in [1.807, 2.05) is 10.6 Å². The number of hydrogen-bond donors (Lipinski definition) is 0. The zero-order chi connectivity index (χ0) is 20.8. The third-order valence-corrected chi connectivity index (χ3v) is 8.64. The van der Waals surface area contributed by atoms with Crippen LogP contribution in [-0.2, 0) is 11.3 Å². The van der Waals surface area contributed by atoms with Crippen LogP contribution >= 0.6 is 0 Å². The summed E-state index contributed by atoms with van der Waals surface area (Å²) in [5.74, 6) is 2.52. The lowest BCUT2D eigenvalue weighted by atomic mass is 9.69. The minimum atomic E-state index is 0.451. The quantitative estimate of drug-likeness (QED) is 0.751. The number of pyridine rings is 1. The highest BCUT2D eigenvalue weighted by Crippen LogP contribution is 2.44. The summed E-state index contributed by atoms with van der Waals surface area (Å²) >= 11 is 0. The molecule has 2 bridgehead atoms. The first-order valence-electron chi connectivity index (χ1n) is 12.6. The van der Waals surface area contributed by atoms with Crippen LogP contribution in [0.2, 0.25) is 0 Å². The molecule has 1 saturated carbocycles. The molecule has 4 atom stereocenters. The van der Waals surface area contributed by atoms with Crippen molar-refractivity contribution in [3.05, 3.63) is 30.2 Å². The van der Waals surface area contributed by atoms with Crippen molar-refractivity contribution in [3.8, 4) is 0 Å². The lowest BCUT2D eigenvalue weighted by Crippen LogP contribution is -2.65. The Balaban J connectivity index is 1.25. The van der Waals surface area contributed by atoms with Gasteiger partial charge in [-0.1, -0.05) is 38.2 Å². The smallest absolute Gasteiger partial charge is 0.223 e. The van der Waals surface area contributed by atoms with Gasteiger partial charge in [0.2, 0.25) is 5.91 Å². The van der Waals surface area contributed by atoms with Crippen LogP contribution in [-0.4, -0.2) is 55.5 Å². The van der Waals surface area contributed by atoms with Crippen molar-refractivity contribution >= 4 is 11.6 Å². The van der Waals surface area contributed by atoms with Crippen LogP contribution in [0.5, 0.6) is 0 Å². The lowest BCUT2D eigenvalue weighted by Gasteiger charge is -2.57. The standard InChI is InChI=1S/C25H35N5O/c31-25-11-5-9-22-19-13-20(23(29(22)25)12-18-6-2-1-3-7-18)15-28(14-19)16-21-8-4-10-24-26-17-27-30(21)24/h4,8,10,17-20,22-23H,1-3,5-7,9,11-16H2/t19-,20+,22+,23+/m1/s1. The van der Waals surface area contributed by atoms with Crippen LogP contribution in [0, 0.1) is 17.8 Å².